The van der Waals surface area contributed by atoms with E-state index in [1.807, 2.05) is 0 Å². The molecule has 0 radical (unpaired) electrons. The van der Waals surface area contributed by atoms with Crippen LogP contribution in [0.2, 0.25) is 0 Å². The first-order chi connectivity index (χ1) is 7.22. The fourth-order valence-corrected chi connectivity index (χ4v) is 2.69. The zero-order chi connectivity index (χ0) is 10.8. The van der Waals surface area contributed by atoms with Crippen molar-refractivity contribution in [3.8, 4) is 0 Å². The summed E-state index contributed by atoms with van der Waals surface area (Å²) in [6, 6.07) is 9.46. The van der Waals surface area contributed by atoms with Crippen LogP contribution in [0.5, 0.6) is 0 Å². The van der Waals surface area contributed by atoms with Crippen LogP contribution in [0.25, 0.3) is 0 Å². The van der Waals surface area contributed by atoms with Gasteiger partial charge in [-0.05, 0) is 37.4 Å². The van der Waals surface area contributed by atoms with Crippen molar-refractivity contribution >= 4 is 11.8 Å². The third kappa shape index (κ3) is 2.19. The second-order valence-electron chi connectivity index (χ2n) is 4.15. The van der Waals surface area contributed by atoms with Gasteiger partial charge in [-0.25, -0.2) is 0 Å². The standard InChI is InChI=1S/C12H18N2S/c1-14-8-7-11(13)12(14)9-3-5-10(15-2)6-4-9/h3-6,11-12H,7-8,13H2,1-2H3. The fraction of sp³-hybridized carbons (Fsp3) is 0.500. The van der Waals surface area contributed by atoms with Crippen molar-refractivity contribution in [2.75, 3.05) is 19.8 Å². The number of benzene rings is 1. The average Bonchev–Trinajstić information content (AvgIpc) is 2.59. The number of likely N-dealkylation sites (tertiary alicyclic amines) is 1. The highest BCUT2D eigenvalue weighted by Crippen LogP contribution is 2.30. The lowest BCUT2D eigenvalue weighted by Crippen LogP contribution is -2.29. The minimum Gasteiger partial charge on any atom is -0.326 e. The summed E-state index contributed by atoms with van der Waals surface area (Å²) in [4.78, 5) is 3.66. The third-order valence-corrected chi connectivity index (χ3v) is 3.90. The predicted octanol–water partition coefficient (Wildman–Crippen LogP) is 2.11. The van der Waals surface area contributed by atoms with Gasteiger partial charge in [0.05, 0.1) is 0 Å². The van der Waals surface area contributed by atoms with Gasteiger partial charge in [-0.2, -0.15) is 0 Å². The van der Waals surface area contributed by atoms with E-state index in [-0.39, 0.29) is 6.04 Å². The van der Waals surface area contributed by atoms with Gasteiger partial charge in [-0.15, -0.1) is 11.8 Å². The van der Waals surface area contributed by atoms with Gasteiger partial charge in [0, 0.05) is 23.5 Å². The molecule has 1 aromatic carbocycles. The first kappa shape index (κ1) is 11.0. The molecule has 82 valence electrons. The Kier molecular flexibility index (Phi) is 3.34. The Morgan fingerprint density at radius 2 is 2.00 bits per heavy atom. The summed E-state index contributed by atoms with van der Waals surface area (Å²) in [5.41, 5.74) is 7.47. The second kappa shape index (κ2) is 4.56. The third-order valence-electron chi connectivity index (χ3n) is 3.15. The number of hydrogen-bond acceptors (Lipinski definition) is 3. The Morgan fingerprint density at radius 3 is 2.47 bits per heavy atom. The Balaban J connectivity index is 2.21. The molecule has 0 saturated carbocycles. The highest BCUT2D eigenvalue weighted by atomic mass is 32.2. The van der Waals surface area contributed by atoms with Gasteiger partial charge in [0.1, 0.15) is 0 Å². The van der Waals surface area contributed by atoms with E-state index in [0.717, 1.165) is 13.0 Å². The van der Waals surface area contributed by atoms with Crippen molar-refractivity contribution in [2.24, 2.45) is 5.73 Å². The normalized spacial score (nSPS) is 27.1. The van der Waals surface area contributed by atoms with E-state index in [2.05, 4.69) is 42.5 Å². The summed E-state index contributed by atoms with van der Waals surface area (Å²) in [7, 11) is 2.15. The van der Waals surface area contributed by atoms with E-state index in [4.69, 9.17) is 5.73 Å². The van der Waals surface area contributed by atoms with Crippen LogP contribution in [0.1, 0.15) is 18.0 Å². The molecule has 1 aliphatic rings. The van der Waals surface area contributed by atoms with Crippen LogP contribution < -0.4 is 5.73 Å². The number of nitrogens with zero attached hydrogens (tertiary/aromatic N) is 1. The molecule has 1 fully saturated rings. The first-order valence-electron chi connectivity index (χ1n) is 5.32. The largest absolute Gasteiger partial charge is 0.326 e. The number of hydrogen-bond donors (Lipinski definition) is 1. The summed E-state index contributed by atoms with van der Waals surface area (Å²) in [5.74, 6) is 0. The Morgan fingerprint density at radius 1 is 1.33 bits per heavy atom. The van der Waals surface area contributed by atoms with Crippen LogP contribution in [0.15, 0.2) is 29.2 Å². The molecule has 0 spiro atoms. The van der Waals surface area contributed by atoms with E-state index >= 15 is 0 Å². The number of rotatable bonds is 2. The minimum atomic E-state index is 0.287. The SMILES string of the molecule is CSc1ccc(C2C(N)CCN2C)cc1. The molecule has 3 heteroatoms. The Bertz CT molecular complexity index is 313. The molecule has 2 N–H and O–H groups in total. The summed E-state index contributed by atoms with van der Waals surface area (Å²) in [5, 5.41) is 0. The van der Waals surface area contributed by atoms with Crippen molar-refractivity contribution in [1.82, 2.24) is 4.90 Å². The van der Waals surface area contributed by atoms with Crippen LogP contribution in [-0.2, 0) is 0 Å². The maximum absolute atomic E-state index is 6.13. The molecule has 0 aromatic heterocycles. The van der Waals surface area contributed by atoms with Crippen molar-refractivity contribution < 1.29 is 0 Å². The van der Waals surface area contributed by atoms with E-state index in [1.54, 1.807) is 11.8 Å². The Labute approximate surface area is 95.8 Å². The van der Waals surface area contributed by atoms with Gasteiger partial charge in [0.25, 0.3) is 0 Å². The van der Waals surface area contributed by atoms with Gasteiger partial charge >= 0.3 is 0 Å². The molecule has 15 heavy (non-hydrogen) atoms. The van der Waals surface area contributed by atoms with Crippen LogP contribution in [0, 0.1) is 0 Å². The lowest BCUT2D eigenvalue weighted by Gasteiger charge is -2.23. The fourth-order valence-electron chi connectivity index (χ4n) is 2.28. The van der Waals surface area contributed by atoms with Crippen molar-refractivity contribution in [2.45, 2.75) is 23.4 Å². The molecular weight excluding hydrogens is 204 g/mol. The molecule has 0 bridgehead atoms. The molecule has 2 unspecified atom stereocenters. The van der Waals surface area contributed by atoms with E-state index in [9.17, 15) is 0 Å². The number of likely N-dealkylation sites (N-methyl/N-ethyl adjacent to an activating group) is 1. The average molecular weight is 222 g/mol. The van der Waals surface area contributed by atoms with Gasteiger partial charge in [-0.1, -0.05) is 12.1 Å². The molecule has 1 aliphatic heterocycles. The van der Waals surface area contributed by atoms with Crippen molar-refractivity contribution in [3.63, 3.8) is 0 Å². The smallest absolute Gasteiger partial charge is 0.0496 e. The zero-order valence-corrected chi connectivity index (χ0v) is 10.1. The molecule has 2 nitrogen and oxygen atoms in total. The molecule has 2 atom stereocenters. The highest BCUT2D eigenvalue weighted by Gasteiger charge is 2.29. The minimum absolute atomic E-state index is 0.287. The monoisotopic (exact) mass is 222 g/mol. The lowest BCUT2D eigenvalue weighted by molar-refractivity contribution is 0.304. The molecule has 2 rings (SSSR count). The molecular formula is C12H18N2S. The maximum atomic E-state index is 6.13. The zero-order valence-electron chi connectivity index (χ0n) is 9.31. The summed E-state index contributed by atoms with van der Waals surface area (Å²) in [6.07, 6.45) is 3.20. The topological polar surface area (TPSA) is 29.3 Å². The van der Waals surface area contributed by atoms with Gasteiger partial charge < -0.3 is 5.73 Å². The first-order valence-corrected chi connectivity index (χ1v) is 6.54. The lowest BCUT2D eigenvalue weighted by atomic mass is 10.0. The van der Waals surface area contributed by atoms with Crippen molar-refractivity contribution in [1.29, 1.82) is 0 Å². The van der Waals surface area contributed by atoms with E-state index in [0.29, 0.717) is 6.04 Å². The molecule has 0 aliphatic carbocycles. The number of thioether (sulfide) groups is 1. The molecule has 0 amide bonds. The van der Waals surface area contributed by atoms with Crippen LogP contribution in [0.3, 0.4) is 0 Å². The second-order valence-corrected chi connectivity index (χ2v) is 5.03. The molecule has 1 heterocycles. The van der Waals surface area contributed by atoms with Gasteiger partial charge in [-0.3, -0.25) is 4.90 Å². The van der Waals surface area contributed by atoms with E-state index in [1.165, 1.54) is 10.5 Å². The molecule has 1 aromatic rings. The van der Waals surface area contributed by atoms with Crippen LogP contribution >= 0.6 is 11.8 Å². The summed E-state index contributed by atoms with van der Waals surface area (Å²) in [6.45, 7) is 1.11. The predicted molar refractivity (Wildman–Crippen MR) is 66.2 cm³/mol. The van der Waals surface area contributed by atoms with Crippen LogP contribution in [0.4, 0.5) is 0 Å². The van der Waals surface area contributed by atoms with Gasteiger partial charge in [0.15, 0.2) is 0 Å². The Hall–Kier alpha value is -0.510. The van der Waals surface area contributed by atoms with E-state index < -0.39 is 0 Å². The summed E-state index contributed by atoms with van der Waals surface area (Å²) >= 11 is 1.78. The molecule has 1 saturated heterocycles. The van der Waals surface area contributed by atoms with Crippen LogP contribution in [-0.4, -0.2) is 30.8 Å². The summed E-state index contributed by atoms with van der Waals surface area (Å²) < 4.78 is 0. The van der Waals surface area contributed by atoms with Gasteiger partial charge in [0.2, 0.25) is 0 Å². The number of nitrogens with two attached hydrogens (primary N) is 1. The maximum Gasteiger partial charge on any atom is 0.0496 e. The van der Waals surface area contributed by atoms with Crippen molar-refractivity contribution in [3.05, 3.63) is 29.8 Å². The quantitative estimate of drug-likeness (QED) is 0.777. The highest BCUT2D eigenvalue weighted by molar-refractivity contribution is 7.98.